The van der Waals surface area contributed by atoms with Crippen LogP contribution in [0.1, 0.15) is 70.8 Å². The summed E-state index contributed by atoms with van der Waals surface area (Å²) in [5.41, 5.74) is 24.3. The molecule has 0 aliphatic carbocycles. The van der Waals surface area contributed by atoms with Gasteiger partial charge in [-0.3, -0.25) is 4.57 Å². The number of carbonyl (C=O) groups excluding carboxylic acids is 1. The number of aryl methyl sites for hydroxylation is 9. The number of anilines is 5. The number of carbonyl (C=O) groups is 1. The molecule has 0 spiro atoms. The van der Waals surface area contributed by atoms with Gasteiger partial charge in [-0.15, -0.1) is 0 Å². The highest BCUT2D eigenvalue weighted by atomic mass is 16.6. The van der Waals surface area contributed by atoms with Gasteiger partial charge in [-0.2, -0.15) is 0 Å². The van der Waals surface area contributed by atoms with E-state index in [0.717, 1.165) is 77.7 Å². The van der Waals surface area contributed by atoms with Crippen molar-refractivity contribution in [2.24, 2.45) is 0 Å². The van der Waals surface area contributed by atoms with Gasteiger partial charge in [0.05, 0.1) is 5.52 Å². The minimum atomic E-state index is -0.530. The summed E-state index contributed by atoms with van der Waals surface area (Å²) in [5, 5.41) is 9.34. The van der Waals surface area contributed by atoms with Crippen molar-refractivity contribution in [2.45, 2.75) is 85.7 Å². The monoisotopic (exact) mass is 964 g/mol. The molecule has 0 amide bonds. The fourth-order valence-corrected chi connectivity index (χ4v) is 8.70. The summed E-state index contributed by atoms with van der Waals surface area (Å²) in [4.78, 5) is 15.7. The molecule has 8 aromatic carbocycles. The van der Waals surface area contributed by atoms with Crippen LogP contribution in [0.3, 0.4) is 0 Å². The molecule has 370 valence electrons. The second-order valence-corrected chi connectivity index (χ2v) is 19.9. The van der Waals surface area contributed by atoms with Crippen LogP contribution < -0.4 is 16.4 Å². The number of rotatable bonds is 13. The SMILES string of the molecule is Cc1ccc(CCc2ccccc2)cc1N.Cc1ccc(CCc2ccccc2)cc1Nc1ccc2[nH]ccc2c1.Cc1ccc(CCc2ccccc2)cc1Nc1ccc2c(ccn2C(=O)OC(C)(C)C)c1. The van der Waals surface area contributed by atoms with Gasteiger partial charge in [0.15, 0.2) is 0 Å². The number of nitrogen functional groups attached to an aromatic ring is 1. The van der Waals surface area contributed by atoms with E-state index in [0.29, 0.717) is 0 Å². The van der Waals surface area contributed by atoms with Gasteiger partial charge in [-0.05, 0) is 197 Å². The molecule has 5 N–H and O–H groups in total. The Morgan fingerprint density at radius 3 is 1.44 bits per heavy atom. The van der Waals surface area contributed by atoms with Gasteiger partial charge in [0.25, 0.3) is 0 Å². The molecule has 0 saturated heterocycles. The number of benzene rings is 8. The Labute approximate surface area is 432 Å². The molecule has 7 heteroatoms. The number of nitrogens with two attached hydrogens (primary N) is 1. The molecule has 7 nitrogen and oxygen atoms in total. The van der Waals surface area contributed by atoms with Gasteiger partial charge in [0.1, 0.15) is 5.60 Å². The fourth-order valence-electron chi connectivity index (χ4n) is 8.70. The highest BCUT2D eigenvalue weighted by molar-refractivity contribution is 5.92. The molecule has 0 aliphatic rings. The number of hydrogen-bond acceptors (Lipinski definition) is 5. The second-order valence-electron chi connectivity index (χ2n) is 19.9. The Morgan fingerprint density at radius 1 is 0.493 bits per heavy atom. The first-order valence-corrected chi connectivity index (χ1v) is 25.4. The predicted octanol–water partition coefficient (Wildman–Crippen LogP) is 16.6. The Hall–Kier alpha value is -8.29. The number of H-pyrrole nitrogens is 1. The lowest BCUT2D eigenvalue weighted by Crippen LogP contribution is -2.26. The van der Waals surface area contributed by atoms with Crippen molar-refractivity contribution in [1.29, 1.82) is 0 Å². The molecule has 10 rings (SSSR count). The van der Waals surface area contributed by atoms with Crippen LogP contribution in [0.25, 0.3) is 21.8 Å². The average Bonchev–Trinajstić information content (AvgIpc) is 4.05. The summed E-state index contributed by atoms with van der Waals surface area (Å²) in [7, 11) is 0. The number of fused-ring (bicyclic) bond motifs is 2. The number of aromatic amines is 1. The van der Waals surface area contributed by atoms with Crippen molar-refractivity contribution >= 4 is 56.3 Å². The minimum absolute atomic E-state index is 0.366. The lowest BCUT2D eigenvalue weighted by atomic mass is 10.0. The van der Waals surface area contributed by atoms with Gasteiger partial charge in [0.2, 0.25) is 0 Å². The van der Waals surface area contributed by atoms with E-state index < -0.39 is 5.60 Å². The van der Waals surface area contributed by atoms with Crippen LogP contribution >= 0.6 is 0 Å². The smallest absolute Gasteiger partial charge is 0.418 e. The van der Waals surface area contributed by atoms with E-state index >= 15 is 0 Å². The molecule has 0 atom stereocenters. The average molecular weight is 964 g/mol. The predicted molar refractivity (Wildman–Crippen MR) is 308 cm³/mol. The van der Waals surface area contributed by atoms with E-state index in [2.05, 4.69) is 199 Å². The number of aromatic nitrogens is 2. The van der Waals surface area contributed by atoms with Crippen molar-refractivity contribution in [3.63, 3.8) is 0 Å². The van der Waals surface area contributed by atoms with Crippen molar-refractivity contribution in [3.05, 3.63) is 257 Å². The van der Waals surface area contributed by atoms with E-state index in [4.69, 9.17) is 10.5 Å². The molecule has 0 bridgehead atoms. The van der Waals surface area contributed by atoms with Crippen molar-refractivity contribution < 1.29 is 9.53 Å². The third kappa shape index (κ3) is 14.9. The zero-order valence-corrected chi connectivity index (χ0v) is 43.2. The van der Waals surface area contributed by atoms with Gasteiger partial charge in [-0.1, -0.05) is 127 Å². The summed E-state index contributed by atoms with van der Waals surface area (Å²) < 4.78 is 7.06. The topological polar surface area (TPSA) is 97.1 Å². The Balaban J connectivity index is 0.000000154. The first-order valence-electron chi connectivity index (χ1n) is 25.4. The summed E-state index contributed by atoms with van der Waals surface area (Å²) in [6.45, 7) is 11.9. The summed E-state index contributed by atoms with van der Waals surface area (Å²) in [6.07, 6.45) is 9.63. The van der Waals surface area contributed by atoms with Crippen LogP contribution in [0.5, 0.6) is 0 Å². The van der Waals surface area contributed by atoms with Gasteiger partial charge in [0, 0.05) is 57.1 Å². The fraction of sp³-hybridized carbons (Fsp3) is 0.197. The lowest BCUT2D eigenvalue weighted by molar-refractivity contribution is 0.0544. The molecule has 0 aliphatic heterocycles. The van der Waals surface area contributed by atoms with Crippen LogP contribution in [-0.4, -0.2) is 21.2 Å². The third-order valence-corrected chi connectivity index (χ3v) is 13.0. The number of hydrogen-bond donors (Lipinski definition) is 4. The molecule has 0 fully saturated rings. The Morgan fingerprint density at radius 2 is 0.945 bits per heavy atom. The van der Waals surface area contributed by atoms with Gasteiger partial charge < -0.3 is 26.1 Å². The van der Waals surface area contributed by atoms with E-state index in [1.54, 1.807) is 10.8 Å². The van der Waals surface area contributed by atoms with Crippen molar-refractivity contribution in [2.75, 3.05) is 16.4 Å². The van der Waals surface area contributed by atoms with E-state index in [1.165, 1.54) is 61.1 Å². The highest BCUT2D eigenvalue weighted by Crippen LogP contribution is 2.28. The van der Waals surface area contributed by atoms with E-state index in [9.17, 15) is 4.79 Å². The largest absolute Gasteiger partial charge is 0.443 e. The Bertz CT molecular complexity index is 3370. The molecular formula is C66H69N5O2. The first-order chi connectivity index (χ1) is 35.3. The minimum Gasteiger partial charge on any atom is -0.443 e. The van der Waals surface area contributed by atoms with Crippen LogP contribution in [-0.2, 0) is 43.3 Å². The molecule has 2 heterocycles. The highest BCUT2D eigenvalue weighted by Gasteiger charge is 2.19. The Kier molecular flexibility index (Phi) is 16.9. The summed E-state index contributed by atoms with van der Waals surface area (Å²) in [6, 6.07) is 67.9. The van der Waals surface area contributed by atoms with Crippen LogP contribution in [0.4, 0.5) is 33.2 Å². The van der Waals surface area contributed by atoms with Gasteiger partial charge >= 0.3 is 6.09 Å². The zero-order valence-electron chi connectivity index (χ0n) is 43.2. The van der Waals surface area contributed by atoms with E-state index in [1.807, 2.05) is 58.2 Å². The molecular weight excluding hydrogens is 895 g/mol. The van der Waals surface area contributed by atoms with Crippen molar-refractivity contribution in [1.82, 2.24) is 9.55 Å². The second kappa shape index (κ2) is 24.2. The number of nitrogens with zero attached hydrogens (tertiary/aromatic N) is 1. The van der Waals surface area contributed by atoms with Crippen LogP contribution in [0.15, 0.2) is 207 Å². The summed E-state index contributed by atoms with van der Waals surface area (Å²) in [5.74, 6) is 0. The third-order valence-electron chi connectivity index (χ3n) is 13.0. The molecule has 73 heavy (non-hydrogen) atoms. The standard InChI is InChI=1S/C28H30N2O2.C23H22N2.C15H17N/c1-20-10-11-22(13-12-21-8-6-5-7-9-21)18-25(20)29-24-14-15-26-23(19-24)16-17-30(26)27(31)32-28(2,3)4;1-17-7-8-19(10-9-18-5-3-2-4-6-18)15-23(17)25-21-11-12-22-20(16-21)13-14-24-22;1-12-7-8-14(11-15(12)16)10-9-13-5-3-2-4-6-13/h5-11,14-19,29H,12-13H2,1-4H3;2-8,11-16,24-25H,9-10H2,1H3;2-8,11H,9-10,16H2,1H3. The van der Waals surface area contributed by atoms with Crippen molar-refractivity contribution in [3.8, 4) is 0 Å². The lowest BCUT2D eigenvalue weighted by Gasteiger charge is -2.19. The molecule has 2 aromatic heterocycles. The van der Waals surface area contributed by atoms with Crippen LogP contribution in [0, 0.1) is 20.8 Å². The first kappa shape index (κ1) is 51.1. The molecule has 0 radical (unpaired) electrons. The maximum Gasteiger partial charge on any atom is 0.418 e. The normalized spacial score (nSPS) is 11.0. The quantitative estimate of drug-likeness (QED) is 0.0863. The number of nitrogens with one attached hydrogen (secondary N) is 3. The van der Waals surface area contributed by atoms with Crippen LogP contribution in [0.2, 0.25) is 0 Å². The maximum atomic E-state index is 12.5. The summed E-state index contributed by atoms with van der Waals surface area (Å²) >= 11 is 0. The van der Waals surface area contributed by atoms with Gasteiger partial charge in [-0.25, -0.2) is 4.79 Å². The van der Waals surface area contributed by atoms with E-state index in [-0.39, 0.29) is 6.09 Å². The molecule has 0 saturated carbocycles. The maximum absolute atomic E-state index is 12.5. The zero-order chi connectivity index (χ0) is 51.2. The molecule has 0 unspecified atom stereocenters. The number of ether oxygens (including phenoxy) is 1. The molecule has 10 aromatic rings.